The Morgan fingerprint density at radius 1 is 0.964 bits per heavy atom. The highest BCUT2D eigenvalue weighted by Gasteiger charge is 2.07. The van der Waals surface area contributed by atoms with Crippen LogP contribution in [0.15, 0.2) is 79.1 Å². The number of aryl methyl sites for hydroxylation is 1. The second-order valence-corrected chi connectivity index (χ2v) is 7.01. The molecule has 0 spiro atoms. The number of nitrogens with one attached hydrogen (secondary N) is 1. The van der Waals surface area contributed by atoms with Gasteiger partial charge in [-0.05, 0) is 33.9 Å². The highest BCUT2D eigenvalue weighted by atomic mass is 16.1. The number of hydrogen-bond donors (Lipinski definition) is 1. The number of hydrogen-bond acceptors (Lipinski definition) is 2. The van der Waals surface area contributed by atoms with Crippen LogP contribution in [-0.2, 0) is 24.7 Å². The first kappa shape index (κ1) is 18.0. The molecule has 0 bridgehead atoms. The molecule has 0 aliphatic heterocycles. The van der Waals surface area contributed by atoms with Crippen LogP contribution in [0.5, 0.6) is 0 Å². The van der Waals surface area contributed by atoms with E-state index in [1.807, 2.05) is 43.7 Å². The maximum atomic E-state index is 12.4. The maximum absolute atomic E-state index is 12.4. The molecule has 4 rings (SSSR count). The Labute approximate surface area is 164 Å². The van der Waals surface area contributed by atoms with Gasteiger partial charge in [0, 0.05) is 25.4 Å². The summed E-state index contributed by atoms with van der Waals surface area (Å²) in [6.45, 7) is 0.635. The van der Waals surface area contributed by atoms with E-state index in [-0.39, 0.29) is 5.91 Å². The van der Waals surface area contributed by atoms with Crippen LogP contribution < -0.4 is 5.32 Å². The zero-order valence-electron chi connectivity index (χ0n) is 15.9. The predicted octanol–water partition coefficient (Wildman–Crippen LogP) is 4.14. The fourth-order valence-corrected chi connectivity index (χ4v) is 3.46. The number of benzene rings is 3. The molecular weight excluding hydrogens is 346 g/mol. The Morgan fingerprint density at radius 3 is 2.54 bits per heavy atom. The quantitative estimate of drug-likeness (QED) is 0.555. The highest BCUT2D eigenvalue weighted by Crippen LogP contribution is 2.20. The van der Waals surface area contributed by atoms with E-state index in [4.69, 9.17) is 0 Å². The van der Waals surface area contributed by atoms with Crippen LogP contribution in [0.1, 0.15) is 11.1 Å². The van der Waals surface area contributed by atoms with Gasteiger partial charge in [0.1, 0.15) is 0 Å². The van der Waals surface area contributed by atoms with Crippen LogP contribution in [0.4, 0.5) is 0 Å². The summed E-state index contributed by atoms with van der Waals surface area (Å²) >= 11 is 0. The van der Waals surface area contributed by atoms with Crippen molar-refractivity contribution in [3.63, 3.8) is 0 Å². The molecule has 0 aliphatic carbocycles. The van der Waals surface area contributed by atoms with Gasteiger partial charge in [-0.15, -0.1) is 0 Å². The molecule has 1 amide bonds. The molecule has 0 atom stereocenters. The van der Waals surface area contributed by atoms with Crippen molar-refractivity contribution < 1.29 is 4.79 Å². The van der Waals surface area contributed by atoms with E-state index in [0.29, 0.717) is 13.0 Å². The van der Waals surface area contributed by atoms with Gasteiger partial charge in [0.15, 0.2) is 0 Å². The number of amides is 1. The van der Waals surface area contributed by atoms with E-state index in [0.717, 1.165) is 28.5 Å². The van der Waals surface area contributed by atoms with Gasteiger partial charge in [-0.25, -0.2) is 0 Å². The van der Waals surface area contributed by atoms with Gasteiger partial charge in [0.25, 0.3) is 0 Å². The second-order valence-electron chi connectivity index (χ2n) is 7.01. The molecule has 1 N–H and O–H groups in total. The zero-order valence-corrected chi connectivity index (χ0v) is 15.9. The lowest BCUT2D eigenvalue weighted by molar-refractivity contribution is -0.120. The van der Waals surface area contributed by atoms with Crippen molar-refractivity contribution in [2.24, 2.45) is 7.05 Å². The Kier molecular flexibility index (Phi) is 5.20. The van der Waals surface area contributed by atoms with Gasteiger partial charge in [0.2, 0.25) is 5.91 Å². The van der Waals surface area contributed by atoms with Crippen LogP contribution in [-0.4, -0.2) is 22.2 Å². The number of aromatic nitrogens is 2. The second kappa shape index (κ2) is 8.09. The van der Waals surface area contributed by atoms with Gasteiger partial charge >= 0.3 is 0 Å². The van der Waals surface area contributed by atoms with E-state index in [2.05, 4.69) is 52.9 Å². The highest BCUT2D eigenvalue weighted by molar-refractivity contribution is 5.90. The predicted molar refractivity (Wildman–Crippen MR) is 113 cm³/mol. The van der Waals surface area contributed by atoms with E-state index >= 15 is 0 Å². The van der Waals surface area contributed by atoms with Crippen LogP contribution >= 0.6 is 0 Å². The molecule has 0 fully saturated rings. The molecule has 1 heterocycles. The monoisotopic (exact) mass is 369 g/mol. The number of rotatable bonds is 6. The van der Waals surface area contributed by atoms with Crippen molar-refractivity contribution in [1.29, 1.82) is 0 Å². The van der Waals surface area contributed by atoms with Gasteiger partial charge < -0.3 is 5.32 Å². The lowest BCUT2D eigenvalue weighted by Crippen LogP contribution is -2.27. The van der Waals surface area contributed by atoms with Crippen molar-refractivity contribution in [2.45, 2.75) is 12.8 Å². The van der Waals surface area contributed by atoms with Crippen molar-refractivity contribution in [2.75, 3.05) is 6.54 Å². The van der Waals surface area contributed by atoms with E-state index in [1.54, 1.807) is 4.68 Å². The van der Waals surface area contributed by atoms with Crippen molar-refractivity contribution in [3.8, 4) is 11.1 Å². The fourth-order valence-electron chi connectivity index (χ4n) is 3.46. The average molecular weight is 369 g/mol. The summed E-state index contributed by atoms with van der Waals surface area (Å²) in [5.74, 6) is 0.0586. The molecule has 4 nitrogen and oxygen atoms in total. The third-order valence-electron chi connectivity index (χ3n) is 4.96. The van der Waals surface area contributed by atoms with Gasteiger partial charge in [0.05, 0.1) is 12.6 Å². The molecule has 4 aromatic rings. The van der Waals surface area contributed by atoms with Crippen LogP contribution in [0.25, 0.3) is 21.9 Å². The Balaban J connectivity index is 1.31. The summed E-state index contributed by atoms with van der Waals surface area (Å²) in [5.41, 5.74) is 4.53. The number of fused-ring (bicyclic) bond motifs is 1. The summed E-state index contributed by atoms with van der Waals surface area (Å²) in [4.78, 5) is 12.4. The summed E-state index contributed by atoms with van der Waals surface area (Å²) < 4.78 is 1.80. The lowest BCUT2D eigenvalue weighted by Gasteiger charge is -2.08. The number of carbonyl (C=O) groups excluding carboxylic acids is 1. The molecule has 140 valence electrons. The van der Waals surface area contributed by atoms with Gasteiger partial charge in [-0.1, -0.05) is 66.7 Å². The third-order valence-corrected chi connectivity index (χ3v) is 4.96. The summed E-state index contributed by atoms with van der Waals surface area (Å²) in [5, 5.41) is 9.56. The lowest BCUT2D eigenvalue weighted by atomic mass is 10.0. The largest absolute Gasteiger partial charge is 0.355 e. The first-order chi connectivity index (χ1) is 13.7. The van der Waals surface area contributed by atoms with Crippen LogP contribution in [0.2, 0.25) is 0 Å². The summed E-state index contributed by atoms with van der Waals surface area (Å²) in [6.07, 6.45) is 5.08. The van der Waals surface area contributed by atoms with Crippen LogP contribution in [0.3, 0.4) is 0 Å². The minimum Gasteiger partial charge on any atom is -0.355 e. The fraction of sp³-hybridized carbons (Fsp3) is 0.167. The third kappa shape index (κ3) is 4.12. The van der Waals surface area contributed by atoms with E-state index < -0.39 is 0 Å². The topological polar surface area (TPSA) is 46.9 Å². The minimum atomic E-state index is 0.0586. The molecule has 1 aromatic heterocycles. The Bertz CT molecular complexity index is 1090. The molecule has 0 saturated heterocycles. The number of nitrogens with zero attached hydrogens (tertiary/aromatic N) is 2. The first-order valence-corrected chi connectivity index (χ1v) is 9.50. The summed E-state index contributed by atoms with van der Waals surface area (Å²) in [7, 11) is 1.92. The molecule has 3 aromatic carbocycles. The van der Waals surface area contributed by atoms with E-state index in [9.17, 15) is 4.79 Å². The standard InChI is InChI=1S/C24H23N3O/c1-27-17-22(16-26-27)19-11-9-18(10-12-19)13-14-25-24(28)15-21-7-4-6-20-5-2-3-8-23(20)21/h2-12,16-17H,13-15H2,1H3,(H,25,28). The van der Waals surface area contributed by atoms with Crippen molar-refractivity contribution >= 4 is 16.7 Å². The summed E-state index contributed by atoms with van der Waals surface area (Å²) in [6, 6.07) is 22.7. The zero-order chi connectivity index (χ0) is 19.3. The normalized spacial score (nSPS) is 10.9. The Morgan fingerprint density at radius 2 is 1.75 bits per heavy atom. The van der Waals surface area contributed by atoms with Crippen LogP contribution in [0, 0.1) is 0 Å². The maximum Gasteiger partial charge on any atom is 0.224 e. The molecule has 0 saturated carbocycles. The molecule has 0 unspecified atom stereocenters. The minimum absolute atomic E-state index is 0.0586. The molecule has 0 aliphatic rings. The molecule has 4 heteroatoms. The first-order valence-electron chi connectivity index (χ1n) is 9.50. The van der Waals surface area contributed by atoms with E-state index in [1.165, 1.54) is 10.9 Å². The average Bonchev–Trinajstić information content (AvgIpc) is 3.15. The molecular formula is C24H23N3O. The number of carbonyl (C=O) groups is 1. The van der Waals surface area contributed by atoms with Gasteiger partial charge in [-0.3, -0.25) is 9.48 Å². The Hall–Kier alpha value is -3.40. The molecule has 28 heavy (non-hydrogen) atoms. The molecule has 0 radical (unpaired) electrons. The smallest absolute Gasteiger partial charge is 0.224 e. The van der Waals surface area contributed by atoms with Crippen molar-refractivity contribution in [3.05, 3.63) is 90.3 Å². The SMILES string of the molecule is Cn1cc(-c2ccc(CCNC(=O)Cc3cccc4ccccc34)cc2)cn1. The van der Waals surface area contributed by atoms with Crippen molar-refractivity contribution in [1.82, 2.24) is 15.1 Å². The van der Waals surface area contributed by atoms with Gasteiger partial charge in [-0.2, -0.15) is 5.10 Å².